The van der Waals surface area contributed by atoms with Crippen LogP contribution in [0, 0.1) is 5.82 Å². The smallest absolute Gasteiger partial charge is 0.356 e. The second-order valence-corrected chi connectivity index (χ2v) is 3.23. The van der Waals surface area contributed by atoms with Crippen molar-refractivity contribution < 1.29 is 14.3 Å². The molecule has 0 saturated carbocycles. The lowest BCUT2D eigenvalue weighted by Crippen LogP contribution is -2.06. The van der Waals surface area contributed by atoms with Crippen LogP contribution >= 0.6 is 27.5 Å². The number of anilines is 1. The Bertz CT molecular complexity index is 385. The molecular formula is C6H3BrClFN2O2. The van der Waals surface area contributed by atoms with E-state index < -0.39 is 28.2 Å². The van der Waals surface area contributed by atoms with Gasteiger partial charge in [-0.1, -0.05) is 11.6 Å². The van der Waals surface area contributed by atoms with Gasteiger partial charge in [0.15, 0.2) is 11.5 Å². The normalized spacial score (nSPS) is 10.1. The van der Waals surface area contributed by atoms with Crippen molar-refractivity contribution in [3.63, 3.8) is 0 Å². The Morgan fingerprint density at radius 1 is 1.69 bits per heavy atom. The molecule has 0 atom stereocenters. The highest BCUT2D eigenvalue weighted by Gasteiger charge is 2.19. The number of rotatable bonds is 1. The maximum atomic E-state index is 12.9. The minimum absolute atomic E-state index is 0.271. The molecule has 0 fully saturated rings. The summed E-state index contributed by atoms with van der Waals surface area (Å²) in [5.74, 6) is -2.23. The average molecular weight is 269 g/mol. The first-order valence-corrected chi connectivity index (χ1v) is 4.15. The summed E-state index contributed by atoms with van der Waals surface area (Å²) in [4.78, 5) is 13.9. The Balaban J connectivity index is 3.50. The second-order valence-electron chi connectivity index (χ2n) is 2.10. The van der Waals surface area contributed by atoms with Crippen LogP contribution in [0.2, 0.25) is 5.02 Å². The van der Waals surface area contributed by atoms with Gasteiger partial charge in [-0.15, -0.1) is 0 Å². The van der Waals surface area contributed by atoms with Gasteiger partial charge in [0.05, 0.1) is 10.7 Å². The van der Waals surface area contributed by atoms with Gasteiger partial charge in [-0.2, -0.15) is 0 Å². The summed E-state index contributed by atoms with van der Waals surface area (Å²) in [7, 11) is 0. The SMILES string of the molecule is Nc1c(F)c(Br)nc(C(=O)O)c1Cl. The summed E-state index contributed by atoms with van der Waals surface area (Å²) >= 11 is 8.15. The molecule has 4 nitrogen and oxygen atoms in total. The molecule has 1 aromatic rings. The number of halogens is 3. The molecular weight excluding hydrogens is 266 g/mol. The first-order valence-electron chi connectivity index (χ1n) is 2.98. The van der Waals surface area contributed by atoms with Crippen LogP contribution in [0.4, 0.5) is 10.1 Å². The number of hydrogen-bond donors (Lipinski definition) is 2. The summed E-state index contributed by atoms with van der Waals surface area (Å²) in [5.41, 5.74) is 4.27. The minimum Gasteiger partial charge on any atom is -0.476 e. The number of pyridine rings is 1. The van der Waals surface area contributed by atoms with Crippen molar-refractivity contribution in [1.82, 2.24) is 4.98 Å². The van der Waals surface area contributed by atoms with Crippen molar-refractivity contribution in [1.29, 1.82) is 0 Å². The Kier molecular flexibility index (Phi) is 2.72. The van der Waals surface area contributed by atoms with Gasteiger partial charge < -0.3 is 10.8 Å². The molecule has 0 bridgehead atoms. The predicted octanol–water partition coefficient (Wildman–Crippen LogP) is 1.92. The summed E-state index contributed by atoms with van der Waals surface area (Å²) in [6, 6.07) is 0. The van der Waals surface area contributed by atoms with Gasteiger partial charge in [-0.05, 0) is 15.9 Å². The fraction of sp³-hybridized carbons (Fsp3) is 0. The van der Waals surface area contributed by atoms with E-state index in [0.717, 1.165) is 0 Å². The van der Waals surface area contributed by atoms with E-state index in [1.807, 2.05) is 0 Å². The van der Waals surface area contributed by atoms with E-state index in [9.17, 15) is 9.18 Å². The number of aromatic carboxylic acids is 1. The number of hydrogen-bond acceptors (Lipinski definition) is 3. The van der Waals surface area contributed by atoms with E-state index in [0.29, 0.717) is 0 Å². The van der Waals surface area contributed by atoms with Crippen LogP contribution in [0.25, 0.3) is 0 Å². The molecule has 0 aliphatic rings. The highest BCUT2D eigenvalue weighted by atomic mass is 79.9. The molecule has 0 amide bonds. The molecule has 1 aromatic heterocycles. The highest BCUT2D eigenvalue weighted by molar-refractivity contribution is 9.10. The predicted molar refractivity (Wildman–Crippen MR) is 48.3 cm³/mol. The fourth-order valence-corrected chi connectivity index (χ4v) is 1.27. The summed E-state index contributed by atoms with van der Waals surface area (Å²) in [6.45, 7) is 0. The first-order chi connectivity index (χ1) is 5.95. The van der Waals surface area contributed by atoms with E-state index >= 15 is 0 Å². The maximum Gasteiger partial charge on any atom is 0.356 e. The van der Waals surface area contributed by atoms with Gasteiger partial charge in [0.2, 0.25) is 0 Å². The fourth-order valence-electron chi connectivity index (χ4n) is 0.673. The van der Waals surface area contributed by atoms with Gasteiger partial charge in [-0.3, -0.25) is 0 Å². The van der Waals surface area contributed by atoms with Crippen molar-refractivity contribution in [2.75, 3.05) is 5.73 Å². The summed E-state index contributed by atoms with van der Waals surface area (Å²) in [5, 5.41) is 8.16. The van der Waals surface area contributed by atoms with E-state index in [1.165, 1.54) is 0 Å². The van der Waals surface area contributed by atoms with E-state index in [4.69, 9.17) is 22.4 Å². The number of nitrogen functional groups attached to an aromatic ring is 1. The van der Waals surface area contributed by atoms with E-state index in [-0.39, 0.29) is 4.60 Å². The molecule has 0 radical (unpaired) electrons. The number of carboxylic acid groups (broad SMARTS) is 1. The third kappa shape index (κ3) is 1.73. The Hall–Kier alpha value is -0.880. The van der Waals surface area contributed by atoms with Crippen LogP contribution in [0.15, 0.2) is 4.60 Å². The van der Waals surface area contributed by atoms with Gasteiger partial charge >= 0.3 is 5.97 Å². The minimum atomic E-state index is -1.36. The van der Waals surface area contributed by atoms with Crippen molar-refractivity contribution in [3.8, 4) is 0 Å². The monoisotopic (exact) mass is 268 g/mol. The molecule has 3 N–H and O–H groups in total. The zero-order valence-corrected chi connectivity index (χ0v) is 8.36. The number of carbonyl (C=O) groups is 1. The molecule has 13 heavy (non-hydrogen) atoms. The lowest BCUT2D eigenvalue weighted by atomic mass is 10.3. The lowest BCUT2D eigenvalue weighted by molar-refractivity contribution is 0.0690. The first kappa shape index (κ1) is 10.2. The van der Waals surface area contributed by atoms with Crippen molar-refractivity contribution in [2.24, 2.45) is 0 Å². The molecule has 0 saturated heterocycles. The van der Waals surface area contributed by atoms with Crippen molar-refractivity contribution in [2.45, 2.75) is 0 Å². The molecule has 1 rings (SSSR count). The number of nitrogens with two attached hydrogens (primary N) is 1. The Morgan fingerprint density at radius 3 is 2.69 bits per heavy atom. The van der Waals surface area contributed by atoms with Crippen LogP contribution in [0.5, 0.6) is 0 Å². The largest absolute Gasteiger partial charge is 0.476 e. The number of nitrogens with zero attached hydrogens (tertiary/aromatic N) is 1. The maximum absolute atomic E-state index is 12.9. The molecule has 70 valence electrons. The lowest BCUT2D eigenvalue weighted by Gasteiger charge is -2.04. The van der Waals surface area contributed by atoms with Crippen molar-refractivity contribution in [3.05, 3.63) is 21.1 Å². The number of carboxylic acids is 1. The molecule has 0 unspecified atom stereocenters. The van der Waals surface area contributed by atoms with Gasteiger partial charge in [0.1, 0.15) is 4.60 Å². The molecule has 0 aliphatic heterocycles. The third-order valence-electron chi connectivity index (χ3n) is 1.27. The Labute approximate surface area is 85.6 Å². The van der Waals surface area contributed by atoms with Crippen LogP contribution in [0.1, 0.15) is 10.5 Å². The third-order valence-corrected chi connectivity index (χ3v) is 2.18. The van der Waals surface area contributed by atoms with Crippen LogP contribution in [-0.4, -0.2) is 16.1 Å². The van der Waals surface area contributed by atoms with E-state index in [2.05, 4.69) is 20.9 Å². The van der Waals surface area contributed by atoms with Gasteiger partial charge in [0, 0.05) is 0 Å². The molecule has 0 aromatic carbocycles. The molecule has 1 heterocycles. The van der Waals surface area contributed by atoms with Gasteiger partial charge in [-0.25, -0.2) is 14.2 Å². The van der Waals surface area contributed by atoms with E-state index in [1.54, 1.807) is 0 Å². The highest BCUT2D eigenvalue weighted by Crippen LogP contribution is 2.29. The van der Waals surface area contributed by atoms with Crippen LogP contribution in [-0.2, 0) is 0 Å². The average Bonchev–Trinajstić information content (AvgIpc) is 2.07. The molecule has 0 aliphatic carbocycles. The Morgan fingerprint density at radius 2 is 2.23 bits per heavy atom. The molecule has 0 spiro atoms. The van der Waals surface area contributed by atoms with Crippen LogP contribution in [0.3, 0.4) is 0 Å². The summed E-state index contributed by atoms with van der Waals surface area (Å²) in [6.07, 6.45) is 0. The van der Waals surface area contributed by atoms with Crippen molar-refractivity contribution >= 4 is 39.2 Å². The zero-order valence-electron chi connectivity index (χ0n) is 6.01. The van der Waals surface area contributed by atoms with Gasteiger partial charge in [0.25, 0.3) is 0 Å². The quantitative estimate of drug-likeness (QED) is 0.764. The second kappa shape index (κ2) is 3.47. The number of aromatic nitrogens is 1. The topological polar surface area (TPSA) is 76.2 Å². The standard InChI is InChI=1S/C6H3BrClFN2O2/c7-5-2(9)3(10)1(8)4(11-5)6(12)13/h(H2,10,11)(H,12,13). The van der Waals surface area contributed by atoms with Crippen LogP contribution < -0.4 is 5.73 Å². The molecule has 7 heteroatoms. The zero-order chi connectivity index (χ0) is 10.2. The summed E-state index contributed by atoms with van der Waals surface area (Å²) < 4.78 is 12.7.